The van der Waals surface area contributed by atoms with Gasteiger partial charge in [-0.3, -0.25) is 5.32 Å². The predicted molar refractivity (Wildman–Crippen MR) is 107 cm³/mol. The molecule has 2 atom stereocenters. The minimum atomic E-state index is -0.0313. The summed E-state index contributed by atoms with van der Waals surface area (Å²) in [6, 6.07) is 14.2. The molecule has 1 aliphatic heterocycles. The highest BCUT2D eigenvalue weighted by molar-refractivity contribution is 9.10. The Morgan fingerprint density at radius 3 is 2.52 bits per heavy atom. The molecule has 132 valence electrons. The Morgan fingerprint density at radius 2 is 1.84 bits per heavy atom. The first-order valence-corrected chi connectivity index (χ1v) is 9.72. The van der Waals surface area contributed by atoms with Gasteiger partial charge in [-0.25, -0.2) is 0 Å². The summed E-state index contributed by atoms with van der Waals surface area (Å²) in [4.78, 5) is 0. The first kappa shape index (κ1) is 18.0. The van der Waals surface area contributed by atoms with Crippen molar-refractivity contribution in [3.63, 3.8) is 0 Å². The molecule has 2 unspecified atom stereocenters. The van der Waals surface area contributed by atoms with Crippen LogP contribution >= 0.6 is 15.9 Å². The van der Waals surface area contributed by atoms with Crippen LogP contribution in [0.4, 0.5) is 0 Å². The van der Waals surface area contributed by atoms with Crippen molar-refractivity contribution < 1.29 is 5.11 Å². The number of hydrogen-bond acceptors (Lipinski definition) is 3. The zero-order chi connectivity index (χ0) is 17.8. The van der Waals surface area contributed by atoms with Crippen LogP contribution in [0, 0.1) is 0 Å². The zero-order valence-corrected chi connectivity index (χ0v) is 16.3. The van der Waals surface area contributed by atoms with Crippen molar-refractivity contribution in [1.29, 1.82) is 0 Å². The van der Waals surface area contributed by atoms with E-state index >= 15 is 0 Å². The normalized spacial score (nSPS) is 20.0. The van der Waals surface area contributed by atoms with Crippen LogP contribution < -0.4 is 10.6 Å². The van der Waals surface area contributed by atoms with Crippen molar-refractivity contribution in [2.24, 2.45) is 0 Å². The molecule has 2 aromatic carbocycles. The molecule has 3 N–H and O–H groups in total. The molecular weight excluding hydrogens is 376 g/mol. The Balaban J connectivity index is 1.97. The highest BCUT2D eigenvalue weighted by Crippen LogP contribution is 2.32. The Morgan fingerprint density at radius 1 is 1.08 bits per heavy atom. The van der Waals surface area contributed by atoms with Crippen LogP contribution in [-0.2, 0) is 6.42 Å². The van der Waals surface area contributed by atoms with Gasteiger partial charge in [0.15, 0.2) is 0 Å². The molecule has 0 fully saturated rings. The topological polar surface area (TPSA) is 44.3 Å². The third-order valence-corrected chi connectivity index (χ3v) is 5.11. The molecule has 0 saturated carbocycles. The van der Waals surface area contributed by atoms with Crippen LogP contribution in [-0.4, -0.2) is 11.3 Å². The van der Waals surface area contributed by atoms with Crippen molar-refractivity contribution in [3.8, 4) is 5.75 Å². The Kier molecular flexibility index (Phi) is 5.82. The molecule has 1 heterocycles. The van der Waals surface area contributed by atoms with E-state index in [9.17, 15) is 5.11 Å². The fourth-order valence-electron chi connectivity index (χ4n) is 3.21. The van der Waals surface area contributed by atoms with Gasteiger partial charge in [-0.2, -0.15) is 0 Å². The monoisotopic (exact) mass is 400 g/mol. The number of nitrogens with one attached hydrogen (secondary N) is 2. The van der Waals surface area contributed by atoms with Gasteiger partial charge in [-0.1, -0.05) is 60.5 Å². The van der Waals surface area contributed by atoms with Gasteiger partial charge in [0.1, 0.15) is 5.75 Å². The van der Waals surface area contributed by atoms with Gasteiger partial charge in [0.2, 0.25) is 0 Å². The lowest BCUT2D eigenvalue weighted by Crippen LogP contribution is -2.46. The molecule has 0 bridgehead atoms. The van der Waals surface area contributed by atoms with E-state index in [0.717, 1.165) is 35.0 Å². The number of phenolic OH excluding ortho intramolecular Hbond substituents is 1. The number of aryl methyl sites for hydroxylation is 1. The summed E-state index contributed by atoms with van der Waals surface area (Å²) < 4.78 is 0.968. The summed E-state index contributed by atoms with van der Waals surface area (Å²) in [5, 5.41) is 17.5. The highest BCUT2D eigenvalue weighted by atomic mass is 79.9. The lowest BCUT2D eigenvalue weighted by molar-refractivity contribution is 0.390. The van der Waals surface area contributed by atoms with Gasteiger partial charge in [-0.05, 0) is 48.2 Å². The van der Waals surface area contributed by atoms with E-state index in [1.165, 1.54) is 11.1 Å². The fraction of sp³-hybridized carbons (Fsp3) is 0.333. The predicted octanol–water partition coefficient (Wildman–Crippen LogP) is 5.12. The number of rotatable bonds is 5. The number of halogens is 1. The molecule has 3 rings (SSSR count). The van der Waals surface area contributed by atoms with E-state index in [-0.39, 0.29) is 12.2 Å². The van der Waals surface area contributed by atoms with Crippen LogP contribution in [0.1, 0.15) is 49.4 Å². The molecule has 0 radical (unpaired) electrons. The highest BCUT2D eigenvalue weighted by Gasteiger charge is 2.24. The molecular formula is C21H25BrN2O. The SMILES string of the molecule is CCCC1NC(c2ccc(CC)cc2)=CC(c2cc(Br)ccc2O)N1. The van der Waals surface area contributed by atoms with Gasteiger partial charge >= 0.3 is 0 Å². The largest absolute Gasteiger partial charge is 0.508 e. The minimum Gasteiger partial charge on any atom is -0.508 e. The van der Waals surface area contributed by atoms with Gasteiger partial charge in [0, 0.05) is 15.7 Å². The Labute approximate surface area is 158 Å². The molecule has 1 aliphatic rings. The summed E-state index contributed by atoms with van der Waals surface area (Å²) in [5.74, 6) is 0.315. The summed E-state index contributed by atoms with van der Waals surface area (Å²) in [6.07, 6.45) is 5.49. The summed E-state index contributed by atoms with van der Waals surface area (Å²) in [5.41, 5.74) is 4.52. The molecule has 2 aromatic rings. The van der Waals surface area contributed by atoms with E-state index in [2.05, 4.69) is 70.8 Å². The smallest absolute Gasteiger partial charge is 0.120 e. The number of hydrogen-bond donors (Lipinski definition) is 3. The second-order valence-corrected chi connectivity index (χ2v) is 7.38. The molecule has 25 heavy (non-hydrogen) atoms. The van der Waals surface area contributed by atoms with Crippen molar-refractivity contribution in [2.45, 2.75) is 45.3 Å². The van der Waals surface area contributed by atoms with Crippen molar-refractivity contribution in [3.05, 3.63) is 69.7 Å². The fourth-order valence-corrected chi connectivity index (χ4v) is 3.59. The van der Waals surface area contributed by atoms with Gasteiger partial charge in [0.05, 0.1) is 12.2 Å². The molecule has 3 nitrogen and oxygen atoms in total. The lowest BCUT2D eigenvalue weighted by Gasteiger charge is -2.33. The van der Waals surface area contributed by atoms with Crippen LogP contribution in [0.3, 0.4) is 0 Å². The van der Waals surface area contributed by atoms with E-state index < -0.39 is 0 Å². The number of phenols is 1. The molecule has 4 heteroatoms. The molecule has 0 aromatic heterocycles. The molecule has 0 amide bonds. The van der Waals surface area contributed by atoms with Crippen LogP contribution in [0.5, 0.6) is 5.75 Å². The second kappa shape index (κ2) is 8.07. The van der Waals surface area contributed by atoms with Crippen molar-refractivity contribution >= 4 is 21.6 Å². The van der Waals surface area contributed by atoms with Crippen molar-refractivity contribution in [1.82, 2.24) is 10.6 Å². The van der Waals surface area contributed by atoms with Gasteiger partial charge in [0.25, 0.3) is 0 Å². The van der Waals surface area contributed by atoms with E-state index in [1.54, 1.807) is 6.07 Å². The van der Waals surface area contributed by atoms with Crippen LogP contribution in [0.25, 0.3) is 5.70 Å². The first-order chi connectivity index (χ1) is 12.1. The maximum absolute atomic E-state index is 10.3. The van der Waals surface area contributed by atoms with Crippen LogP contribution in [0.2, 0.25) is 0 Å². The maximum Gasteiger partial charge on any atom is 0.120 e. The molecule has 0 spiro atoms. The quantitative estimate of drug-likeness (QED) is 0.652. The third kappa shape index (κ3) is 4.25. The minimum absolute atomic E-state index is 0.0313. The first-order valence-electron chi connectivity index (χ1n) is 8.92. The van der Waals surface area contributed by atoms with Crippen molar-refractivity contribution in [2.75, 3.05) is 0 Å². The Bertz CT molecular complexity index is 755. The Hall–Kier alpha value is -1.78. The van der Waals surface area contributed by atoms with Gasteiger partial charge in [-0.15, -0.1) is 0 Å². The lowest BCUT2D eigenvalue weighted by atomic mass is 9.98. The number of benzene rings is 2. The standard InChI is InChI=1S/C21H25BrN2O/c1-3-5-21-23-18(15-8-6-14(4-2)7-9-15)13-19(24-21)17-12-16(22)10-11-20(17)25/h6-13,19,21,23-25H,3-5H2,1-2H3. The molecule has 0 saturated heterocycles. The van der Waals surface area contributed by atoms with E-state index in [1.807, 2.05) is 12.1 Å². The van der Waals surface area contributed by atoms with E-state index in [4.69, 9.17) is 0 Å². The summed E-state index contributed by atoms with van der Waals surface area (Å²) in [6.45, 7) is 4.35. The van der Waals surface area contributed by atoms with Crippen LogP contribution in [0.15, 0.2) is 53.0 Å². The maximum atomic E-state index is 10.3. The number of aromatic hydroxyl groups is 1. The second-order valence-electron chi connectivity index (χ2n) is 6.46. The zero-order valence-electron chi connectivity index (χ0n) is 14.7. The average molecular weight is 401 g/mol. The molecule has 0 aliphatic carbocycles. The summed E-state index contributed by atoms with van der Waals surface area (Å²) in [7, 11) is 0. The van der Waals surface area contributed by atoms with Gasteiger partial charge < -0.3 is 10.4 Å². The van der Waals surface area contributed by atoms with E-state index in [0.29, 0.717) is 5.75 Å². The average Bonchev–Trinajstić information content (AvgIpc) is 2.64. The third-order valence-electron chi connectivity index (χ3n) is 4.62. The summed E-state index contributed by atoms with van der Waals surface area (Å²) >= 11 is 3.51.